The van der Waals surface area contributed by atoms with Gasteiger partial charge >= 0.3 is 0 Å². The fraction of sp³-hybridized carbons (Fsp3) is 0.188. The molecular formula is C16H15N3O4S. The molecule has 2 heterocycles. The minimum absolute atomic E-state index is 0.118. The van der Waals surface area contributed by atoms with E-state index in [0.29, 0.717) is 30.4 Å². The first-order valence-electron chi connectivity index (χ1n) is 7.40. The Balaban J connectivity index is 1.66. The number of aromatic nitrogens is 2. The minimum atomic E-state index is -3.73. The van der Waals surface area contributed by atoms with Crippen molar-refractivity contribution < 1.29 is 17.9 Å². The summed E-state index contributed by atoms with van der Waals surface area (Å²) in [4.78, 5) is 7.49. The van der Waals surface area contributed by atoms with Gasteiger partial charge in [-0.1, -0.05) is 0 Å². The van der Waals surface area contributed by atoms with Gasteiger partial charge in [-0.2, -0.15) is 0 Å². The predicted octanol–water partition coefficient (Wildman–Crippen LogP) is 2.44. The van der Waals surface area contributed by atoms with E-state index in [4.69, 9.17) is 9.47 Å². The maximum Gasteiger partial charge on any atom is 0.262 e. The molecule has 4 rings (SSSR count). The summed E-state index contributed by atoms with van der Waals surface area (Å²) in [5.74, 6) is 1.76. The third-order valence-electron chi connectivity index (χ3n) is 3.68. The number of fused-ring (bicyclic) bond motifs is 2. The summed E-state index contributed by atoms with van der Waals surface area (Å²) < 4.78 is 38.6. The number of imidazole rings is 1. The van der Waals surface area contributed by atoms with Gasteiger partial charge in [0.05, 0.1) is 21.6 Å². The van der Waals surface area contributed by atoms with Crippen LogP contribution in [0.4, 0.5) is 5.69 Å². The summed E-state index contributed by atoms with van der Waals surface area (Å²) in [6.07, 6.45) is 0. The van der Waals surface area contributed by atoms with Crippen LogP contribution in [-0.2, 0) is 10.0 Å². The van der Waals surface area contributed by atoms with Crippen LogP contribution in [0.15, 0.2) is 41.3 Å². The second kappa shape index (κ2) is 5.41. The van der Waals surface area contributed by atoms with E-state index in [1.54, 1.807) is 24.3 Å². The summed E-state index contributed by atoms with van der Waals surface area (Å²) in [6.45, 7) is 2.71. The highest BCUT2D eigenvalue weighted by Gasteiger charge is 2.19. The maximum absolute atomic E-state index is 12.6. The highest BCUT2D eigenvalue weighted by molar-refractivity contribution is 7.92. The van der Waals surface area contributed by atoms with Gasteiger partial charge in [0.25, 0.3) is 10.0 Å². The Morgan fingerprint density at radius 3 is 2.71 bits per heavy atom. The Labute approximate surface area is 138 Å². The summed E-state index contributed by atoms with van der Waals surface area (Å²) in [6, 6.07) is 9.72. The second-order valence-corrected chi connectivity index (χ2v) is 7.15. The van der Waals surface area contributed by atoms with E-state index in [2.05, 4.69) is 14.7 Å². The van der Waals surface area contributed by atoms with Crippen LogP contribution in [0, 0.1) is 6.92 Å². The average molecular weight is 345 g/mol. The van der Waals surface area contributed by atoms with Gasteiger partial charge in [0.2, 0.25) is 0 Å². The van der Waals surface area contributed by atoms with Gasteiger partial charge in [-0.3, -0.25) is 4.72 Å². The maximum atomic E-state index is 12.6. The minimum Gasteiger partial charge on any atom is -0.486 e. The molecule has 124 valence electrons. The summed E-state index contributed by atoms with van der Waals surface area (Å²) in [7, 11) is -3.73. The smallest absolute Gasteiger partial charge is 0.262 e. The van der Waals surface area contributed by atoms with Crippen molar-refractivity contribution in [2.75, 3.05) is 17.9 Å². The third kappa shape index (κ3) is 2.65. The molecule has 24 heavy (non-hydrogen) atoms. The lowest BCUT2D eigenvalue weighted by molar-refractivity contribution is 0.171. The normalized spacial score (nSPS) is 13.9. The lowest BCUT2D eigenvalue weighted by Crippen LogP contribution is -2.17. The van der Waals surface area contributed by atoms with Crippen molar-refractivity contribution in [3.8, 4) is 11.5 Å². The molecule has 0 aliphatic carbocycles. The molecule has 2 N–H and O–H groups in total. The largest absolute Gasteiger partial charge is 0.486 e. The van der Waals surface area contributed by atoms with E-state index in [1.165, 1.54) is 12.1 Å². The number of nitrogens with one attached hydrogen (secondary N) is 2. The lowest BCUT2D eigenvalue weighted by Gasteiger charge is -2.19. The van der Waals surface area contributed by atoms with Gasteiger partial charge in [0, 0.05) is 6.07 Å². The number of hydrogen-bond acceptors (Lipinski definition) is 5. The molecule has 0 atom stereocenters. The molecule has 7 nitrogen and oxygen atoms in total. The van der Waals surface area contributed by atoms with Crippen LogP contribution < -0.4 is 14.2 Å². The summed E-state index contributed by atoms with van der Waals surface area (Å²) in [5, 5.41) is 0. The zero-order valence-corrected chi connectivity index (χ0v) is 13.7. The van der Waals surface area contributed by atoms with Crippen molar-refractivity contribution in [3.63, 3.8) is 0 Å². The highest BCUT2D eigenvalue weighted by Crippen LogP contribution is 2.32. The molecular weight excluding hydrogens is 330 g/mol. The van der Waals surface area contributed by atoms with E-state index in [1.807, 2.05) is 6.92 Å². The highest BCUT2D eigenvalue weighted by atomic mass is 32.2. The van der Waals surface area contributed by atoms with E-state index in [-0.39, 0.29) is 4.90 Å². The van der Waals surface area contributed by atoms with Gasteiger partial charge < -0.3 is 14.5 Å². The van der Waals surface area contributed by atoms with Crippen molar-refractivity contribution in [1.29, 1.82) is 0 Å². The van der Waals surface area contributed by atoms with Gasteiger partial charge in [-0.05, 0) is 37.3 Å². The monoisotopic (exact) mass is 345 g/mol. The van der Waals surface area contributed by atoms with Crippen LogP contribution in [0.1, 0.15) is 5.82 Å². The molecule has 1 aliphatic heterocycles. The average Bonchev–Trinajstić information content (AvgIpc) is 2.93. The van der Waals surface area contributed by atoms with Crippen molar-refractivity contribution in [2.24, 2.45) is 0 Å². The number of aromatic amines is 1. The van der Waals surface area contributed by atoms with Crippen LogP contribution in [0.25, 0.3) is 11.0 Å². The van der Waals surface area contributed by atoms with Gasteiger partial charge in [-0.25, -0.2) is 13.4 Å². The van der Waals surface area contributed by atoms with Crippen LogP contribution in [0.5, 0.6) is 11.5 Å². The molecule has 0 unspecified atom stereocenters. The first kappa shape index (κ1) is 14.8. The first-order valence-corrected chi connectivity index (χ1v) is 8.88. The number of aryl methyl sites for hydroxylation is 1. The van der Waals surface area contributed by atoms with Crippen LogP contribution >= 0.6 is 0 Å². The van der Waals surface area contributed by atoms with Gasteiger partial charge in [-0.15, -0.1) is 0 Å². The molecule has 0 saturated carbocycles. The zero-order valence-electron chi connectivity index (χ0n) is 12.9. The number of rotatable bonds is 3. The zero-order chi connectivity index (χ0) is 16.7. The Bertz CT molecular complexity index is 1030. The second-order valence-electron chi connectivity index (χ2n) is 5.47. The fourth-order valence-corrected chi connectivity index (χ4v) is 3.67. The Kier molecular flexibility index (Phi) is 3.34. The van der Waals surface area contributed by atoms with E-state index < -0.39 is 10.0 Å². The van der Waals surface area contributed by atoms with Crippen LogP contribution in [0.3, 0.4) is 0 Å². The number of sulfonamides is 1. The molecule has 0 saturated heterocycles. The third-order valence-corrected chi connectivity index (χ3v) is 5.06. The van der Waals surface area contributed by atoms with E-state index >= 15 is 0 Å². The number of ether oxygens (including phenoxy) is 2. The van der Waals surface area contributed by atoms with Crippen molar-refractivity contribution in [2.45, 2.75) is 11.8 Å². The standard InChI is InChI=1S/C16H15N3O4S/c1-10-17-13-4-2-11(8-14(13)18-10)19-24(20,21)12-3-5-15-16(9-12)23-7-6-22-15/h2-5,8-9,19H,6-7H2,1H3,(H,17,18). The molecule has 1 aromatic heterocycles. The Morgan fingerprint density at radius 2 is 1.88 bits per heavy atom. The van der Waals surface area contributed by atoms with Gasteiger partial charge in [0.1, 0.15) is 19.0 Å². The topological polar surface area (TPSA) is 93.3 Å². The predicted molar refractivity (Wildman–Crippen MR) is 89.1 cm³/mol. The quantitative estimate of drug-likeness (QED) is 0.760. The first-order chi connectivity index (χ1) is 11.5. The van der Waals surface area contributed by atoms with Crippen molar-refractivity contribution in [1.82, 2.24) is 9.97 Å². The molecule has 1 aliphatic rings. The van der Waals surface area contributed by atoms with Gasteiger partial charge in [0.15, 0.2) is 11.5 Å². The molecule has 3 aromatic rings. The number of H-pyrrole nitrogens is 1. The number of benzene rings is 2. The molecule has 0 bridgehead atoms. The Morgan fingerprint density at radius 1 is 1.08 bits per heavy atom. The fourth-order valence-electron chi connectivity index (χ4n) is 2.61. The molecule has 0 radical (unpaired) electrons. The van der Waals surface area contributed by atoms with Crippen LogP contribution in [0.2, 0.25) is 0 Å². The molecule has 8 heteroatoms. The lowest BCUT2D eigenvalue weighted by atomic mass is 10.3. The molecule has 0 fully saturated rings. The van der Waals surface area contributed by atoms with E-state index in [9.17, 15) is 8.42 Å². The molecule has 0 amide bonds. The van der Waals surface area contributed by atoms with Crippen molar-refractivity contribution >= 4 is 26.7 Å². The molecule has 0 spiro atoms. The van der Waals surface area contributed by atoms with Crippen LogP contribution in [-0.4, -0.2) is 31.6 Å². The number of hydrogen-bond donors (Lipinski definition) is 2. The van der Waals surface area contributed by atoms with Crippen molar-refractivity contribution in [3.05, 3.63) is 42.2 Å². The summed E-state index contributed by atoms with van der Waals surface area (Å²) in [5.41, 5.74) is 2.02. The Hall–Kier alpha value is -2.74. The SMILES string of the molecule is Cc1nc2ccc(NS(=O)(=O)c3ccc4c(c3)OCCO4)cc2[nH]1. The summed E-state index contributed by atoms with van der Waals surface area (Å²) >= 11 is 0. The van der Waals surface area contributed by atoms with E-state index in [0.717, 1.165) is 16.9 Å². The molecule has 2 aromatic carbocycles. The number of anilines is 1. The number of nitrogens with zero attached hydrogens (tertiary/aromatic N) is 1.